The lowest BCUT2D eigenvalue weighted by Gasteiger charge is -2.28. The van der Waals surface area contributed by atoms with Crippen molar-refractivity contribution in [1.82, 2.24) is 9.80 Å². The van der Waals surface area contributed by atoms with Gasteiger partial charge >= 0.3 is 5.97 Å². The normalized spacial score (nSPS) is 22.4. The Balaban J connectivity index is 2.03. The van der Waals surface area contributed by atoms with E-state index in [1.54, 1.807) is 11.8 Å². The fourth-order valence-electron chi connectivity index (χ4n) is 2.57. The molecule has 0 aromatic rings. The number of likely N-dealkylation sites (tertiary alicyclic amines) is 1. The molecule has 0 radical (unpaired) electrons. The molecule has 2 amide bonds. The van der Waals surface area contributed by atoms with Crippen LogP contribution in [0.1, 0.15) is 32.6 Å². The number of carboxylic acid groups (broad SMARTS) is 1. The van der Waals surface area contributed by atoms with Crippen LogP contribution in [0, 0.1) is 5.92 Å². The number of amides is 2. The van der Waals surface area contributed by atoms with Gasteiger partial charge in [-0.25, -0.2) is 0 Å². The van der Waals surface area contributed by atoms with Crippen molar-refractivity contribution in [2.75, 3.05) is 19.6 Å². The Bertz CT molecular complexity index is 392. The largest absolute Gasteiger partial charge is 0.480 e. The summed E-state index contributed by atoms with van der Waals surface area (Å²) in [7, 11) is 0. The van der Waals surface area contributed by atoms with Gasteiger partial charge in [-0.3, -0.25) is 14.4 Å². The van der Waals surface area contributed by atoms with E-state index < -0.39 is 12.0 Å². The van der Waals surface area contributed by atoms with Crippen LogP contribution in [-0.2, 0) is 14.4 Å². The average molecular weight is 268 g/mol. The summed E-state index contributed by atoms with van der Waals surface area (Å²) in [5.74, 6) is -1.07. The Morgan fingerprint density at radius 1 is 1.26 bits per heavy atom. The molecule has 106 valence electrons. The van der Waals surface area contributed by atoms with Crippen LogP contribution < -0.4 is 0 Å². The van der Waals surface area contributed by atoms with E-state index in [2.05, 4.69) is 0 Å². The van der Waals surface area contributed by atoms with Crippen LogP contribution in [0.25, 0.3) is 0 Å². The van der Waals surface area contributed by atoms with Gasteiger partial charge < -0.3 is 14.9 Å². The van der Waals surface area contributed by atoms with E-state index in [-0.39, 0.29) is 24.3 Å². The summed E-state index contributed by atoms with van der Waals surface area (Å²) in [6.45, 7) is 2.43. The molecule has 1 aliphatic carbocycles. The van der Waals surface area contributed by atoms with E-state index in [9.17, 15) is 14.4 Å². The number of aliphatic carboxylic acids is 1. The van der Waals surface area contributed by atoms with Gasteiger partial charge in [-0.2, -0.15) is 0 Å². The van der Waals surface area contributed by atoms with Crippen molar-refractivity contribution in [3.63, 3.8) is 0 Å². The van der Waals surface area contributed by atoms with Gasteiger partial charge in [-0.15, -0.1) is 0 Å². The standard InChI is InChI=1S/C13H20N2O4/c1-2-14(8-11(16)17)13(19)10-4-3-7-15(10)12(18)9-5-6-9/h9-10H,2-8H2,1H3,(H,16,17). The molecule has 0 spiro atoms. The first-order chi connectivity index (χ1) is 9.04. The molecule has 0 aromatic carbocycles. The highest BCUT2D eigenvalue weighted by molar-refractivity contribution is 5.91. The van der Waals surface area contributed by atoms with E-state index in [0.29, 0.717) is 19.5 Å². The van der Waals surface area contributed by atoms with Gasteiger partial charge in [-0.1, -0.05) is 0 Å². The SMILES string of the molecule is CCN(CC(=O)O)C(=O)C1CCCN1C(=O)C1CC1. The van der Waals surface area contributed by atoms with Crippen LogP contribution in [0.2, 0.25) is 0 Å². The van der Waals surface area contributed by atoms with Crippen LogP contribution in [0.5, 0.6) is 0 Å². The van der Waals surface area contributed by atoms with Crippen molar-refractivity contribution >= 4 is 17.8 Å². The Kier molecular flexibility index (Phi) is 4.07. The summed E-state index contributed by atoms with van der Waals surface area (Å²) in [4.78, 5) is 38.1. The van der Waals surface area contributed by atoms with Gasteiger partial charge in [0.1, 0.15) is 12.6 Å². The maximum absolute atomic E-state index is 12.3. The molecule has 6 nitrogen and oxygen atoms in total. The third kappa shape index (κ3) is 3.05. The van der Waals surface area contributed by atoms with Gasteiger partial charge in [0.2, 0.25) is 11.8 Å². The number of hydrogen-bond donors (Lipinski definition) is 1. The average Bonchev–Trinajstić information content (AvgIpc) is 3.11. The molecule has 6 heteroatoms. The minimum Gasteiger partial charge on any atom is -0.480 e. The molecular weight excluding hydrogens is 248 g/mol. The summed E-state index contributed by atoms with van der Waals surface area (Å²) in [5, 5.41) is 8.81. The Hall–Kier alpha value is -1.59. The molecule has 1 aliphatic heterocycles. The third-order valence-corrected chi connectivity index (χ3v) is 3.77. The van der Waals surface area contributed by atoms with Crippen molar-refractivity contribution in [2.24, 2.45) is 5.92 Å². The quantitative estimate of drug-likeness (QED) is 0.779. The van der Waals surface area contributed by atoms with Gasteiger partial charge in [-0.05, 0) is 32.6 Å². The maximum atomic E-state index is 12.3. The number of hydrogen-bond acceptors (Lipinski definition) is 3. The minimum absolute atomic E-state index is 0.0715. The first-order valence-corrected chi connectivity index (χ1v) is 6.85. The molecule has 1 saturated heterocycles. The minimum atomic E-state index is -1.02. The van der Waals surface area contributed by atoms with Crippen molar-refractivity contribution in [3.8, 4) is 0 Å². The van der Waals surface area contributed by atoms with E-state index >= 15 is 0 Å². The number of rotatable bonds is 5. The Morgan fingerprint density at radius 3 is 2.47 bits per heavy atom. The summed E-state index contributed by atoms with van der Waals surface area (Å²) in [5.41, 5.74) is 0. The second kappa shape index (κ2) is 5.59. The summed E-state index contributed by atoms with van der Waals surface area (Å²) < 4.78 is 0. The second-order valence-corrected chi connectivity index (χ2v) is 5.21. The number of carbonyl (C=O) groups excluding carboxylic acids is 2. The monoisotopic (exact) mass is 268 g/mol. The van der Waals surface area contributed by atoms with Crippen molar-refractivity contribution < 1.29 is 19.5 Å². The fourth-order valence-corrected chi connectivity index (χ4v) is 2.57. The molecule has 0 aromatic heterocycles. The molecule has 1 unspecified atom stereocenters. The van der Waals surface area contributed by atoms with E-state index in [4.69, 9.17) is 5.11 Å². The fraction of sp³-hybridized carbons (Fsp3) is 0.769. The topological polar surface area (TPSA) is 77.9 Å². The number of carbonyl (C=O) groups is 3. The van der Waals surface area contributed by atoms with Gasteiger partial charge in [0.15, 0.2) is 0 Å². The molecule has 2 fully saturated rings. The Labute approximate surface area is 112 Å². The third-order valence-electron chi connectivity index (χ3n) is 3.77. The zero-order valence-corrected chi connectivity index (χ0v) is 11.2. The highest BCUT2D eigenvalue weighted by Crippen LogP contribution is 2.34. The van der Waals surface area contributed by atoms with E-state index in [1.807, 2.05) is 0 Å². The predicted octanol–water partition coefficient (Wildman–Crippen LogP) is 0.320. The molecule has 1 N–H and O–H groups in total. The molecular formula is C13H20N2O4. The number of likely N-dealkylation sites (N-methyl/N-ethyl adjacent to an activating group) is 1. The second-order valence-electron chi connectivity index (χ2n) is 5.21. The lowest BCUT2D eigenvalue weighted by molar-refractivity contribution is -0.149. The van der Waals surface area contributed by atoms with Crippen LogP contribution in [0.15, 0.2) is 0 Å². The zero-order valence-electron chi connectivity index (χ0n) is 11.2. The lowest BCUT2D eigenvalue weighted by atomic mass is 10.1. The smallest absolute Gasteiger partial charge is 0.323 e. The predicted molar refractivity (Wildman–Crippen MR) is 67.3 cm³/mol. The number of carboxylic acids is 1. The molecule has 1 saturated carbocycles. The molecule has 2 rings (SSSR count). The molecule has 2 aliphatic rings. The van der Waals surface area contributed by atoms with Crippen LogP contribution in [-0.4, -0.2) is 58.4 Å². The lowest BCUT2D eigenvalue weighted by Crippen LogP contribution is -2.49. The van der Waals surface area contributed by atoms with Crippen molar-refractivity contribution in [2.45, 2.75) is 38.6 Å². The van der Waals surface area contributed by atoms with Crippen LogP contribution >= 0.6 is 0 Å². The molecule has 19 heavy (non-hydrogen) atoms. The van der Waals surface area contributed by atoms with E-state index in [0.717, 1.165) is 19.3 Å². The summed E-state index contributed by atoms with van der Waals surface area (Å²) in [6, 6.07) is -0.451. The highest BCUT2D eigenvalue weighted by Gasteiger charge is 2.42. The first kappa shape index (κ1) is 13.8. The van der Waals surface area contributed by atoms with Gasteiger partial charge in [0.25, 0.3) is 0 Å². The summed E-state index contributed by atoms with van der Waals surface area (Å²) >= 11 is 0. The maximum Gasteiger partial charge on any atom is 0.323 e. The van der Waals surface area contributed by atoms with E-state index in [1.165, 1.54) is 4.90 Å². The van der Waals surface area contributed by atoms with Crippen molar-refractivity contribution in [3.05, 3.63) is 0 Å². The summed E-state index contributed by atoms with van der Waals surface area (Å²) in [6.07, 6.45) is 3.30. The van der Waals surface area contributed by atoms with Crippen LogP contribution in [0.3, 0.4) is 0 Å². The molecule has 1 atom stereocenters. The van der Waals surface area contributed by atoms with Crippen molar-refractivity contribution in [1.29, 1.82) is 0 Å². The molecule has 1 heterocycles. The first-order valence-electron chi connectivity index (χ1n) is 6.85. The zero-order chi connectivity index (χ0) is 14.0. The van der Waals surface area contributed by atoms with Gasteiger partial charge in [0, 0.05) is 19.0 Å². The molecule has 0 bridgehead atoms. The Morgan fingerprint density at radius 2 is 1.95 bits per heavy atom. The van der Waals surface area contributed by atoms with Gasteiger partial charge in [0.05, 0.1) is 0 Å². The van der Waals surface area contributed by atoms with Crippen LogP contribution in [0.4, 0.5) is 0 Å². The number of nitrogens with zero attached hydrogens (tertiary/aromatic N) is 2. The highest BCUT2D eigenvalue weighted by atomic mass is 16.4.